The molecule has 0 bridgehead atoms. The summed E-state index contributed by atoms with van der Waals surface area (Å²) < 4.78 is 0. The average molecular weight is 178 g/mol. The van der Waals surface area contributed by atoms with Gasteiger partial charge in [-0.2, -0.15) is 11.8 Å². The number of hydrogen-bond donors (Lipinski definition) is 3. The predicted molar refractivity (Wildman–Crippen MR) is 52.2 cm³/mol. The minimum absolute atomic E-state index is 0.149. The van der Waals surface area contributed by atoms with Crippen molar-refractivity contribution < 1.29 is 0 Å². The molecule has 1 atom stereocenters. The van der Waals surface area contributed by atoms with Gasteiger partial charge in [0.05, 0.1) is 6.04 Å². The third-order valence-electron chi connectivity index (χ3n) is 1.21. The molecule has 0 amide bonds. The topological polar surface area (TPSA) is 38.0 Å². The molecule has 0 unspecified atom stereocenters. The minimum Gasteiger partial charge on any atom is -0.271 e. The molecule has 0 heterocycles. The van der Waals surface area contributed by atoms with Gasteiger partial charge in [0, 0.05) is 0 Å². The molecule has 0 saturated carbocycles. The fourth-order valence-electron chi connectivity index (χ4n) is 0.582. The SMILES string of the molecule is C=C(S)[C@H](CCSC)NN. The molecule has 0 aromatic carbocycles. The molecule has 0 spiro atoms. The smallest absolute Gasteiger partial charge is 0.0518 e. The van der Waals surface area contributed by atoms with Crippen molar-refractivity contribution in [3.63, 3.8) is 0 Å². The lowest BCUT2D eigenvalue weighted by Crippen LogP contribution is -2.35. The summed E-state index contributed by atoms with van der Waals surface area (Å²) in [5.41, 5.74) is 2.65. The van der Waals surface area contributed by atoms with Gasteiger partial charge in [0.25, 0.3) is 0 Å². The van der Waals surface area contributed by atoms with Crippen molar-refractivity contribution in [2.24, 2.45) is 5.84 Å². The Hall–Kier alpha value is 0.360. The first-order valence-corrected chi connectivity index (χ1v) is 4.89. The van der Waals surface area contributed by atoms with Crippen LogP contribution in [0.1, 0.15) is 6.42 Å². The Bertz CT molecular complexity index is 106. The number of nitrogens with two attached hydrogens (primary N) is 1. The highest BCUT2D eigenvalue weighted by molar-refractivity contribution is 7.98. The molecular formula is C6H14N2S2. The third kappa shape index (κ3) is 4.22. The van der Waals surface area contributed by atoms with E-state index in [9.17, 15) is 0 Å². The number of nitrogens with one attached hydrogen (secondary N) is 1. The van der Waals surface area contributed by atoms with Crippen LogP contribution in [0.4, 0.5) is 0 Å². The van der Waals surface area contributed by atoms with Gasteiger partial charge in [-0.3, -0.25) is 11.3 Å². The Morgan fingerprint density at radius 1 is 1.90 bits per heavy atom. The van der Waals surface area contributed by atoms with E-state index in [2.05, 4.69) is 30.9 Å². The summed E-state index contributed by atoms with van der Waals surface area (Å²) in [5.74, 6) is 6.32. The molecule has 4 heteroatoms. The van der Waals surface area contributed by atoms with Crippen molar-refractivity contribution in [2.45, 2.75) is 12.5 Å². The second kappa shape index (κ2) is 6.09. The summed E-state index contributed by atoms with van der Waals surface area (Å²) in [4.78, 5) is 0.802. The van der Waals surface area contributed by atoms with Gasteiger partial charge in [-0.25, -0.2) is 0 Å². The van der Waals surface area contributed by atoms with Crippen LogP contribution in [-0.4, -0.2) is 18.1 Å². The summed E-state index contributed by atoms with van der Waals surface area (Å²) in [5, 5.41) is 0. The molecule has 0 aliphatic heterocycles. The normalized spacial score (nSPS) is 13.1. The van der Waals surface area contributed by atoms with Crippen LogP contribution in [0.2, 0.25) is 0 Å². The van der Waals surface area contributed by atoms with Crippen LogP contribution >= 0.6 is 24.4 Å². The van der Waals surface area contributed by atoms with E-state index in [0.717, 1.165) is 17.1 Å². The molecule has 0 aromatic heterocycles. The quantitative estimate of drug-likeness (QED) is 0.334. The van der Waals surface area contributed by atoms with Gasteiger partial charge in [0.15, 0.2) is 0 Å². The van der Waals surface area contributed by atoms with E-state index in [1.54, 1.807) is 11.8 Å². The van der Waals surface area contributed by atoms with E-state index in [1.807, 2.05) is 0 Å². The highest BCUT2D eigenvalue weighted by atomic mass is 32.2. The van der Waals surface area contributed by atoms with E-state index in [-0.39, 0.29) is 6.04 Å². The van der Waals surface area contributed by atoms with Crippen molar-refractivity contribution in [3.8, 4) is 0 Å². The summed E-state index contributed by atoms with van der Waals surface area (Å²) in [7, 11) is 0. The number of hydrogen-bond acceptors (Lipinski definition) is 4. The zero-order valence-corrected chi connectivity index (χ0v) is 7.84. The van der Waals surface area contributed by atoms with Gasteiger partial charge in [0.2, 0.25) is 0 Å². The molecule has 0 aromatic rings. The number of thiol groups is 1. The molecule has 10 heavy (non-hydrogen) atoms. The Balaban J connectivity index is 3.50. The molecule has 0 aliphatic carbocycles. The van der Waals surface area contributed by atoms with Crippen molar-refractivity contribution in [2.75, 3.05) is 12.0 Å². The minimum atomic E-state index is 0.149. The zero-order valence-electron chi connectivity index (χ0n) is 6.13. The summed E-state index contributed by atoms with van der Waals surface area (Å²) in [6.07, 6.45) is 3.05. The van der Waals surface area contributed by atoms with Gasteiger partial charge < -0.3 is 0 Å². The molecule has 0 aliphatic rings. The number of hydrazine groups is 1. The molecule has 0 saturated heterocycles. The average Bonchev–Trinajstić information content (AvgIpc) is 1.89. The summed E-state index contributed by atoms with van der Waals surface area (Å²) >= 11 is 5.89. The maximum Gasteiger partial charge on any atom is 0.0518 e. The van der Waals surface area contributed by atoms with Crippen LogP contribution in [-0.2, 0) is 0 Å². The maximum atomic E-state index is 5.25. The van der Waals surface area contributed by atoms with E-state index in [4.69, 9.17) is 5.84 Å². The van der Waals surface area contributed by atoms with Crippen LogP contribution in [0.15, 0.2) is 11.5 Å². The second-order valence-electron chi connectivity index (χ2n) is 1.99. The van der Waals surface area contributed by atoms with Crippen LogP contribution in [0.5, 0.6) is 0 Å². The molecule has 3 N–H and O–H groups in total. The van der Waals surface area contributed by atoms with Crippen LogP contribution in [0, 0.1) is 0 Å². The first kappa shape index (κ1) is 10.4. The van der Waals surface area contributed by atoms with E-state index in [1.165, 1.54) is 0 Å². The summed E-state index contributed by atoms with van der Waals surface area (Å²) in [6.45, 7) is 3.69. The molecular weight excluding hydrogens is 164 g/mol. The third-order valence-corrected chi connectivity index (χ3v) is 2.17. The fourth-order valence-corrected chi connectivity index (χ4v) is 1.26. The van der Waals surface area contributed by atoms with Crippen LogP contribution in [0.3, 0.4) is 0 Å². The van der Waals surface area contributed by atoms with Crippen molar-refractivity contribution in [3.05, 3.63) is 11.5 Å². The standard InChI is InChI=1S/C6H14N2S2/c1-5(9)6(8-7)3-4-10-2/h6,8-9H,1,3-4,7H2,2H3/t6-/m0/s1. The van der Waals surface area contributed by atoms with Gasteiger partial charge >= 0.3 is 0 Å². The van der Waals surface area contributed by atoms with E-state index in [0.29, 0.717) is 0 Å². The highest BCUT2D eigenvalue weighted by Crippen LogP contribution is 2.09. The summed E-state index contributed by atoms with van der Waals surface area (Å²) in [6, 6.07) is 0.149. The fraction of sp³-hybridized carbons (Fsp3) is 0.667. The molecule has 0 rings (SSSR count). The van der Waals surface area contributed by atoms with Gasteiger partial charge in [-0.15, -0.1) is 12.6 Å². The van der Waals surface area contributed by atoms with Gasteiger partial charge in [-0.1, -0.05) is 6.58 Å². The first-order chi connectivity index (χ1) is 4.72. The molecule has 2 nitrogen and oxygen atoms in total. The van der Waals surface area contributed by atoms with E-state index >= 15 is 0 Å². The van der Waals surface area contributed by atoms with Gasteiger partial charge in [-0.05, 0) is 23.3 Å². The first-order valence-electron chi connectivity index (χ1n) is 3.05. The lowest BCUT2D eigenvalue weighted by Gasteiger charge is -2.13. The Morgan fingerprint density at radius 2 is 2.50 bits per heavy atom. The van der Waals surface area contributed by atoms with E-state index < -0.39 is 0 Å². The molecule has 0 fully saturated rings. The Kier molecular flexibility index (Phi) is 6.31. The predicted octanol–water partition coefficient (Wildman–Crippen LogP) is 1.01. The van der Waals surface area contributed by atoms with Crippen molar-refractivity contribution in [1.29, 1.82) is 0 Å². The second-order valence-corrected chi connectivity index (χ2v) is 3.55. The van der Waals surface area contributed by atoms with Gasteiger partial charge in [0.1, 0.15) is 0 Å². The maximum absolute atomic E-state index is 5.25. The Labute approximate surface area is 72.0 Å². The number of rotatable bonds is 5. The van der Waals surface area contributed by atoms with Crippen LogP contribution < -0.4 is 11.3 Å². The monoisotopic (exact) mass is 178 g/mol. The lowest BCUT2D eigenvalue weighted by molar-refractivity contribution is 0.602. The molecule has 0 radical (unpaired) electrons. The largest absolute Gasteiger partial charge is 0.271 e. The highest BCUT2D eigenvalue weighted by Gasteiger charge is 2.05. The van der Waals surface area contributed by atoms with Crippen molar-refractivity contribution in [1.82, 2.24) is 5.43 Å². The Morgan fingerprint density at radius 3 is 2.80 bits per heavy atom. The molecule has 60 valence electrons. The van der Waals surface area contributed by atoms with Crippen LogP contribution in [0.25, 0.3) is 0 Å². The van der Waals surface area contributed by atoms with Crippen molar-refractivity contribution >= 4 is 24.4 Å². The zero-order chi connectivity index (χ0) is 7.98. The lowest BCUT2D eigenvalue weighted by atomic mass is 10.2. The number of thioether (sulfide) groups is 1.